The zero-order valence-corrected chi connectivity index (χ0v) is 21.3. The second kappa shape index (κ2) is 11.5. The SMILES string of the molecule is C#CCOc1ccc(-c2ccc(NC(=O)c3cc4sc(NCCN5CCOCC5)nc4s3)cc2)cc1. The van der Waals surface area contributed by atoms with Crippen molar-refractivity contribution in [2.24, 2.45) is 0 Å². The van der Waals surface area contributed by atoms with Gasteiger partial charge in [0, 0.05) is 31.9 Å². The number of amides is 1. The van der Waals surface area contributed by atoms with Crippen LogP contribution in [0.1, 0.15) is 9.67 Å². The number of benzene rings is 2. The molecule has 0 bridgehead atoms. The van der Waals surface area contributed by atoms with Crippen molar-refractivity contribution in [1.82, 2.24) is 9.88 Å². The molecular weight excluding hydrogens is 492 g/mol. The lowest BCUT2D eigenvalue weighted by Crippen LogP contribution is -2.38. The minimum Gasteiger partial charge on any atom is -0.481 e. The van der Waals surface area contributed by atoms with Crippen LogP contribution in [-0.2, 0) is 4.74 Å². The Morgan fingerprint density at radius 2 is 1.81 bits per heavy atom. The van der Waals surface area contributed by atoms with Gasteiger partial charge in [0.25, 0.3) is 5.91 Å². The van der Waals surface area contributed by atoms with E-state index >= 15 is 0 Å². The van der Waals surface area contributed by atoms with Gasteiger partial charge in [-0.05, 0) is 41.5 Å². The smallest absolute Gasteiger partial charge is 0.265 e. The Morgan fingerprint density at radius 3 is 2.50 bits per heavy atom. The Hall–Kier alpha value is -3.42. The highest BCUT2D eigenvalue weighted by atomic mass is 32.1. The van der Waals surface area contributed by atoms with Gasteiger partial charge >= 0.3 is 0 Å². The zero-order chi connectivity index (χ0) is 24.7. The number of carbonyl (C=O) groups is 1. The number of rotatable bonds is 9. The van der Waals surface area contributed by atoms with E-state index in [1.807, 2.05) is 54.6 Å². The molecule has 36 heavy (non-hydrogen) atoms. The maximum absolute atomic E-state index is 12.8. The van der Waals surface area contributed by atoms with Gasteiger partial charge < -0.3 is 20.1 Å². The van der Waals surface area contributed by atoms with Crippen LogP contribution < -0.4 is 15.4 Å². The van der Waals surface area contributed by atoms with Crippen molar-refractivity contribution in [2.45, 2.75) is 0 Å². The number of nitrogens with zero attached hydrogens (tertiary/aromatic N) is 2. The van der Waals surface area contributed by atoms with Crippen LogP contribution in [-0.4, -0.2) is 61.8 Å². The summed E-state index contributed by atoms with van der Waals surface area (Å²) in [4.78, 5) is 21.4. The van der Waals surface area contributed by atoms with E-state index < -0.39 is 0 Å². The molecule has 0 atom stereocenters. The highest BCUT2D eigenvalue weighted by molar-refractivity contribution is 7.29. The lowest BCUT2D eigenvalue weighted by atomic mass is 10.1. The number of thiophene rings is 1. The molecule has 1 aliphatic rings. The predicted molar refractivity (Wildman–Crippen MR) is 147 cm³/mol. The molecule has 2 N–H and O–H groups in total. The zero-order valence-electron chi connectivity index (χ0n) is 19.7. The number of terminal acetylenes is 1. The third kappa shape index (κ3) is 6.04. The van der Waals surface area contributed by atoms with Gasteiger partial charge in [-0.3, -0.25) is 9.69 Å². The Morgan fingerprint density at radius 1 is 1.08 bits per heavy atom. The minimum atomic E-state index is -0.130. The van der Waals surface area contributed by atoms with Crippen molar-refractivity contribution < 1.29 is 14.3 Å². The number of nitrogens with one attached hydrogen (secondary N) is 2. The standard InChI is InChI=1S/C27H26N4O3S2/c1-2-15-34-22-9-5-20(6-10-22)19-3-7-21(8-4-19)29-25(32)23-18-24-26(35-23)30-27(36-24)28-11-12-31-13-16-33-17-14-31/h1,3-10,18H,11-17H2,(H,28,30)(H,29,32). The number of thiazole rings is 1. The first-order valence-electron chi connectivity index (χ1n) is 11.7. The summed E-state index contributed by atoms with van der Waals surface area (Å²) in [5.41, 5.74) is 2.85. The Bertz CT molecular complexity index is 1320. The molecule has 7 nitrogen and oxygen atoms in total. The van der Waals surface area contributed by atoms with E-state index in [1.54, 1.807) is 11.3 Å². The van der Waals surface area contributed by atoms with E-state index in [2.05, 4.69) is 26.4 Å². The number of fused-ring (bicyclic) bond motifs is 1. The molecule has 2 aromatic carbocycles. The lowest BCUT2D eigenvalue weighted by Gasteiger charge is -2.26. The maximum atomic E-state index is 12.8. The average Bonchev–Trinajstić information content (AvgIpc) is 3.48. The normalized spacial score (nSPS) is 13.9. The highest BCUT2D eigenvalue weighted by Gasteiger charge is 2.15. The largest absolute Gasteiger partial charge is 0.481 e. The minimum absolute atomic E-state index is 0.130. The molecule has 9 heteroatoms. The molecule has 1 fully saturated rings. The first-order valence-corrected chi connectivity index (χ1v) is 13.3. The van der Waals surface area contributed by atoms with E-state index in [9.17, 15) is 4.79 Å². The molecule has 1 amide bonds. The van der Waals surface area contributed by atoms with Crippen molar-refractivity contribution in [3.05, 3.63) is 59.5 Å². The molecule has 0 spiro atoms. The number of carbonyl (C=O) groups excluding carboxylic acids is 1. The summed E-state index contributed by atoms with van der Waals surface area (Å²) < 4.78 is 11.8. The summed E-state index contributed by atoms with van der Waals surface area (Å²) in [6.07, 6.45) is 5.23. The fraction of sp³-hybridized carbons (Fsp3) is 0.259. The molecule has 0 radical (unpaired) electrons. The molecule has 0 unspecified atom stereocenters. The molecule has 4 aromatic rings. The van der Waals surface area contributed by atoms with Crippen molar-refractivity contribution in [3.63, 3.8) is 0 Å². The van der Waals surface area contributed by atoms with Crippen molar-refractivity contribution >= 4 is 48.9 Å². The van der Waals surface area contributed by atoms with E-state index in [0.717, 1.165) is 76.6 Å². The van der Waals surface area contributed by atoms with E-state index in [4.69, 9.17) is 15.9 Å². The number of aromatic nitrogens is 1. The van der Waals surface area contributed by atoms with Crippen LogP contribution in [0.5, 0.6) is 5.75 Å². The van der Waals surface area contributed by atoms with E-state index in [-0.39, 0.29) is 12.5 Å². The second-order valence-corrected chi connectivity index (χ2v) is 10.3. The fourth-order valence-corrected chi connectivity index (χ4v) is 5.91. The number of hydrogen-bond donors (Lipinski definition) is 2. The Balaban J connectivity index is 1.15. The van der Waals surface area contributed by atoms with Crippen molar-refractivity contribution in [3.8, 4) is 29.2 Å². The number of morpholine rings is 1. The second-order valence-electron chi connectivity index (χ2n) is 8.23. The highest BCUT2D eigenvalue weighted by Crippen LogP contribution is 2.33. The number of hydrogen-bond acceptors (Lipinski definition) is 8. The first-order chi connectivity index (χ1) is 17.7. The van der Waals surface area contributed by atoms with Crippen LogP contribution in [0.2, 0.25) is 0 Å². The molecule has 3 heterocycles. The number of anilines is 2. The summed E-state index contributed by atoms with van der Waals surface area (Å²) in [6, 6.07) is 17.4. The summed E-state index contributed by atoms with van der Waals surface area (Å²) in [5.74, 6) is 3.06. The molecular formula is C27H26N4O3S2. The lowest BCUT2D eigenvalue weighted by molar-refractivity contribution is 0.0398. The van der Waals surface area contributed by atoms with Gasteiger partial charge in [-0.25, -0.2) is 4.98 Å². The van der Waals surface area contributed by atoms with Gasteiger partial charge in [0.15, 0.2) is 5.13 Å². The number of ether oxygens (including phenoxy) is 2. The van der Waals surface area contributed by atoms with Crippen LogP contribution >= 0.6 is 22.7 Å². The van der Waals surface area contributed by atoms with Gasteiger partial charge in [-0.15, -0.1) is 17.8 Å². The van der Waals surface area contributed by atoms with E-state index in [0.29, 0.717) is 4.88 Å². The third-order valence-electron chi connectivity index (χ3n) is 5.77. The van der Waals surface area contributed by atoms with Gasteiger partial charge in [-0.1, -0.05) is 41.5 Å². The summed E-state index contributed by atoms with van der Waals surface area (Å²) >= 11 is 2.99. The van der Waals surface area contributed by atoms with Gasteiger partial charge in [0.2, 0.25) is 0 Å². The Kier molecular flexibility index (Phi) is 7.79. The van der Waals surface area contributed by atoms with Crippen molar-refractivity contribution in [2.75, 3.05) is 56.6 Å². The third-order valence-corrected chi connectivity index (χ3v) is 7.89. The molecule has 0 aliphatic carbocycles. The van der Waals surface area contributed by atoms with Crippen LogP contribution in [0.3, 0.4) is 0 Å². The molecule has 5 rings (SSSR count). The van der Waals surface area contributed by atoms with Gasteiger partial charge in [0.05, 0.1) is 22.8 Å². The van der Waals surface area contributed by atoms with E-state index in [1.165, 1.54) is 11.3 Å². The molecule has 2 aromatic heterocycles. The summed E-state index contributed by atoms with van der Waals surface area (Å²) in [5, 5.41) is 7.28. The van der Waals surface area contributed by atoms with Gasteiger partial charge in [-0.2, -0.15) is 0 Å². The monoisotopic (exact) mass is 518 g/mol. The molecule has 1 aliphatic heterocycles. The van der Waals surface area contributed by atoms with Crippen molar-refractivity contribution in [1.29, 1.82) is 0 Å². The fourth-order valence-electron chi connectivity index (χ4n) is 3.88. The van der Waals surface area contributed by atoms with Gasteiger partial charge in [0.1, 0.15) is 17.2 Å². The summed E-state index contributed by atoms with van der Waals surface area (Å²) in [7, 11) is 0. The average molecular weight is 519 g/mol. The molecule has 184 valence electrons. The topological polar surface area (TPSA) is 75.7 Å². The summed E-state index contributed by atoms with van der Waals surface area (Å²) in [6.45, 7) is 5.63. The maximum Gasteiger partial charge on any atom is 0.265 e. The molecule has 0 saturated carbocycles. The van der Waals surface area contributed by atoms with Crippen LogP contribution in [0, 0.1) is 12.3 Å². The first kappa shape index (κ1) is 24.3. The van der Waals surface area contributed by atoms with Crippen LogP contribution in [0.25, 0.3) is 20.7 Å². The predicted octanol–water partition coefficient (Wildman–Crippen LogP) is 5.03. The van der Waals surface area contributed by atoms with Crippen LogP contribution in [0.4, 0.5) is 10.8 Å². The molecule has 1 saturated heterocycles. The Labute approximate surface area is 218 Å². The quantitative estimate of drug-likeness (QED) is 0.303. The van der Waals surface area contributed by atoms with Crippen LogP contribution in [0.15, 0.2) is 54.6 Å².